The van der Waals surface area contributed by atoms with Gasteiger partial charge in [-0.1, -0.05) is 50.6 Å². The molecule has 0 aromatic heterocycles. The molecule has 5 heteroatoms. The van der Waals surface area contributed by atoms with Crippen molar-refractivity contribution in [2.75, 3.05) is 0 Å². The maximum absolute atomic E-state index is 13.1. The van der Waals surface area contributed by atoms with Gasteiger partial charge in [-0.15, -0.1) is 0 Å². The fourth-order valence-corrected chi connectivity index (χ4v) is 10.0. The van der Waals surface area contributed by atoms with Crippen molar-refractivity contribution in [3.63, 3.8) is 0 Å². The van der Waals surface area contributed by atoms with E-state index in [9.17, 15) is 15.0 Å². The van der Waals surface area contributed by atoms with Crippen LogP contribution in [0.2, 0.25) is 0 Å². The fraction of sp³-hybridized carbons (Fsp3) is 0.757. The molecule has 234 valence electrons. The highest BCUT2D eigenvalue weighted by atomic mass is 16.6. The number of ether oxygens (including phenoxy) is 2. The van der Waals surface area contributed by atoms with E-state index in [1.165, 1.54) is 5.57 Å². The van der Waals surface area contributed by atoms with Crippen LogP contribution in [0.4, 0.5) is 0 Å². The van der Waals surface area contributed by atoms with Crippen LogP contribution in [0.15, 0.2) is 42.0 Å². The van der Waals surface area contributed by atoms with Crippen LogP contribution in [0.1, 0.15) is 124 Å². The Morgan fingerprint density at radius 3 is 2.24 bits per heavy atom. The van der Waals surface area contributed by atoms with Crippen LogP contribution >= 0.6 is 0 Å². The molecule has 5 rings (SSSR count). The van der Waals surface area contributed by atoms with Gasteiger partial charge < -0.3 is 19.7 Å². The molecule has 42 heavy (non-hydrogen) atoms. The van der Waals surface area contributed by atoms with Crippen LogP contribution in [0.25, 0.3) is 0 Å². The van der Waals surface area contributed by atoms with Crippen LogP contribution in [0, 0.1) is 34.5 Å². The van der Waals surface area contributed by atoms with Gasteiger partial charge in [-0.2, -0.15) is 0 Å². The molecule has 1 aromatic carbocycles. The first-order valence-corrected chi connectivity index (χ1v) is 16.5. The molecule has 1 aliphatic heterocycles. The second-order valence-electron chi connectivity index (χ2n) is 16.2. The molecule has 3 aliphatic carbocycles. The number of hydrogen-bond donors (Lipinski definition) is 2. The average Bonchev–Trinajstić information content (AvgIpc) is 3.13. The normalized spacial score (nSPS) is 42.9. The van der Waals surface area contributed by atoms with Crippen LogP contribution in [0.3, 0.4) is 0 Å². The van der Waals surface area contributed by atoms with E-state index in [-0.39, 0.29) is 34.9 Å². The zero-order chi connectivity index (χ0) is 30.7. The Bertz CT molecular complexity index is 1160. The number of hydrogen-bond acceptors (Lipinski definition) is 5. The molecule has 4 aliphatic rings. The fourth-order valence-electron chi connectivity index (χ4n) is 10.0. The van der Waals surface area contributed by atoms with Crippen LogP contribution in [-0.2, 0) is 9.47 Å². The van der Waals surface area contributed by atoms with Gasteiger partial charge in [0.25, 0.3) is 0 Å². The summed E-state index contributed by atoms with van der Waals surface area (Å²) in [5.74, 6) is 0.961. The van der Waals surface area contributed by atoms with Crippen molar-refractivity contribution in [2.45, 2.75) is 142 Å². The Morgan fingerprint density at radius 2 is 1.55 bits per heavy atom. The Labute approximate surface area is 254 Å². The van der Waals surface area contributed by atoms with E-state index in [0.29, 0.717) is 36.2 Å². The van der Waals surface area contributed by atoms with Crippen molar-refractivity contribution in [3.05, 3.63) is 47.5 Å². The molecular formula is C37H56O5. The Morgan fingerprint density at radius 1 is 0.881 bits per heavy atom. The van der Waals surface area contributed by atoms with E-state index >= 15 is 0 Å². The minimum Gasteiger partial charge on any atom is -0.456 e. The molecule has 2 saturated carbocycles. The summed E-state index contributed by atoms with van der Waals surface area (Å²) in [6.45, 7) is 17.6. The highest BCUT2D eigenvalue weighted by Gasteiger charge is 2.58. The molecule has 0 unspecified atom stereocenters. The second kappa shape index (κ2) is 11.0. The van der Waals surface area contributed by atoms with Crippen LogP contribution in [0.5, 0.6) is 0 Å². The number of fused-ring (bicyclic) bond motifs is 2. The lowest BCUT2D eigenvalue weighted by atomic mass is 9.55. The number of rotatable bonds is 5. The molecule has 0 spiro atoms. The molecule has 0 bridgehead atoms. The molecule has 9 atom stereocenters. The van der Waals surface area contributed by atoms with Crippen molar-refractivity contribution in [3.8, 4) is 0 Å². The summed E-state index contributed by atoms with van der Waals surface area (Å²) < 4.78 is 13.0. The molecule has 5 nitrogen and oxygen atoms in total. The van der Waals surface area contributed by atoms with Crippen molar-refractivity contribution in [1.29, 1.82) is 0 Å². The Kier molecular flexibility index (Phi) is 8.33. The zero-order valence-corrected chi connectivity index (χ0v) is 27.4. The average molecular weight is 581 g/mol. The van der Waals surface area contributed by atoms with Gasteiger partial charge >= 0.3 is 5.97 Å². The highest BCUT2D eigenvalue weighted by molar-refractivity contribution is 5.89. The third kappa shape index (κ3) is 5.63. The van der Waals surface area contributed by atoms with Gasteiger partial charge in [0.1, 0.15) is 6.10 Å². The van der Waals surface area contributed by atoms with Crippen LogP contribution in [-0.4, -0.2) is 45.2 Å². The van der Waals surface area contributed by atoms with Crippen LogP contribution < -0.4 is 0 Å². The number of benzene rings is 1. The zero-order valence-electron chi connectivity index (χ0n) is 27.4. The summed E-state index contributed by atoms with van der Waals surface area (Å²) in [6.07, 6.45) is 9.94. The third-order valence-electron chi connectivity index (χ3n) is 12.7. The summed E-state index contributed by atoms with van der Waals surface area (Å²) in [4.78, 5) is 13.1. The van der Waals surface area contributed by atoms with Crippen molar-refractivity contribution < 1.29 is 24.5 Å². The van der Waals surface area contributed by atoms with E-state index in [0.717, 1.165) is 44.9 Å². The van der Waals surface area contributed by atoms with E-state index in [4.69, 9.17) is 9.47 Å². The summed E-state index contributed by atoms with van der Waals surface area (Å²) in [6, 6.07) is 9.20. The van der Waals surface area contributed by atoms with Crippen molar-refractivity contribution >= 4 is 5.97 Å². The monoisotopic (exact) mass is 580 g/mol. The molecule has 3 fully saturated rings. The first-order chi connectivity index (χ1) is 19.5. The number of carbonyl (C=O) groups is 1. The van der Waals surface area contributed by atoms with Crippen molar-refractivity contribution in [1.82, 2.24) is 0 Å². The Balaban J connectivity index is 1.37. The molecule has 1 heterocycles. The third-order valence-corrected chi connectivity index (χ3v) is 12.7. The summed E-state index contributed by atoms with van der Waals surface area (Å²) in [5.41, 5.74) is -0.174. The maximum atomic E-state index is 13.1. The predicted molar refractivity (Wildman–Crippen MR) is 167 cm³/mol. The molecule has 1 aromatic rings. The van der Waals surface area contributed by atoms with E-state index in [2.05, 4.69) is 47.6 Å². The predicted octanol–water partition coefficient (Wildman–Crippen LogP) is 7.89. The van der Waals surface area contributed by atoms with Gasteiger partial charge in [-0.25, -0.2) is 4.79 Å². The SMILES string of the molecule is CC1=CC[C@H]2[C@H](CC[C@]2(C)O)C(C)(C)[C@@H]1CC[C@H]1[C@]2(C)CC[C@H](OC(=O)c3ccccc3)C(C)(C)O[C@H]2CC[C@@]1(C)O. The number of aliphatic hydroxyl groups is 2. The maximum Gasteiger partial charge on any atom is 0.338 e. The van der Waals surface area contributed by atoms with Gasteiger partial charge in [-0.3, -0.25) is 0 Å². The van der Waals surface area contributed by atoms with E-state index < -0.39 is 16.8 Å². The minimum absolute atomic E-state index is 0.00811. The molecule has 2 N–H and O–H groups in total. The topological polar surface area (TPSA) is 76.0 Å². The largest absolute Gasteiger partial charge is 0.456 e. The standard InChI is InChI=1S/C37H56O5/c1-24-14-15-28-27(18-22-36(28,7)39)33(2,3)26(24)16-17-29-35(6)21-19-30(41-32(38)25-12-10-9-11-13-25)34(4,5)42-31(35)20-23-37(29,8)40/h9-14,26-31,39-40H,15-23H2,1-8H3/t26-,27+,28+,29+,30+,31+,35+,36+,37-/m1/s1. The van der Waals surface area contributed by atoms with Gasteiger partial charge in [-0.05, 0) is 139 Å². The number of carbonyl (C=O) groups excluding carboxylic acids is 1. The lowest BCUT2D eigenvalue weighted by Gasteiger charge is -2.54. The molecule has 0 radical (unpaired) electrons. The summed E-state index contributed by atoms with van der Waals surface area (Å²) in [5, 5.41) is 23.1. The smallest absolute Gasteiger partial charge is 0.338 e. The Hall–Kier alpha value is -1.69. The summed E-state index contributed by atoms with van der Waals surface area (Å²) in [7, 11) is 0. The van der Waals surface area contributed by atoms with Crippen molar-refractivity contribution in [2.24, 2.45) is 34.5 Å². The number of esters is 1. The van der Waals surface area contributed by atoms with E-state index in [1.807, 2.05) is 32.0 Å². The highest BCUT2D eigenvalue weighted by Crippen LogP contribution is 2.59. The molecule has 0 amide bonds. The number of allylic oxidation sites excluding steroid dienone is 2. The lowest BCUT2D eigenvalue weighted by molar-refractivity contribution is -0.206. The van der Waals surface area contributed by atoms with Gasteiger partial charge in [0.05, 0.1) is 28.5 Å². The lowest BCUT2D eigenvalue weighted by Crippen LogP contribution is -2.56. The summed E-state index contributed by atoms with van der Waals surface area (Å²) >= 11 is 0. The molecule has 1 saturated heterocycles. The van der Waals surface area contributed by atoms with Gasteiger partial charge in [0.2, 0.25) is 0 Å². The van der Waals surface area contributed by atoms with E-state index in [1.54, 1.807) is 12.1 Å². The first kappa shape index (κ1) is 31.7. The van der Waals surface area contributed by atoms with Gasteiger partial charge in [0.15, 0.2) is 0 Å². The quantitative estimate of drug-likeness (QED) is 0.274. The first-order valence-electron chi connectivity index (χ1n) is 16.5. The minimum atomic E-state index is -0.786. The van der Waals surface area contributed by atoms with Gasteiger partial charge in [0, 0.05) is 0 Å². The molecular weight excluding hydrogens is 524 g/mol. The second-order valence-corrected chi connectivity index (χ2v) is 16.2.